The van der Waals surface area contributed by atoms with Gasteiger partial charge in [0, 0.05) is 38.3 Å². The molecule has 1 aliphatic carbocycles. The highest BCUT2D eigenvalue weighted by Crippen LogP contribution is 2.38. The van der Waals surface area contributed by atoms with Gasteiger partial charge in [0.25, 0.3) is 11.8 Å². The lowest BCUT2D eigenvalue weighted by Gasteiger charge is -2.40. The Morgan fingerprint density at radius 1 is 1.06 bits per heavy atom. The number of aliphatic hydroxyl groups is 1. The monoisotopic (exact) mass is 420 g/mol. The van der Waals surface area contributed by atoms with E-state index in [1.165, 1.54) is 5.69 Å². The molecule has 0 spiro atoms. The maximum absolute atomic E-state index is 13.0. The van der Waals surface area contributed by atoms with Gasteiger partial charge >= 0.3 is 0 Å². The summed E-state index contributed by atoms with van der Waals surface area (Å²) in [6.45, 7) is 4.17. The normalized spacial score (nSPS) is 21.5. The molecule has 7 nitrogen and oxygen atoms in total. The van der Waals surface area contributed by atoms with Crippen molar-refractivity contribution in [2.75, 3.05) is 43.6 Å². The predicted molar refractivity (Wildman–Crippen MR) is 120 cm³/mol. The van der Waals surface area contributed by atoms with E-state index >= 15 is 0 Å². The summed E-state index contributed by atoms with van der Waals surface area (Å²) >= 11 is 0. The number of rotatable bonds is 3. The van der Waals surface area contributed by atoms with E-state index < -0.39 is 5.60 Å². The highest BCUT2D eigenvalue weighted by molar-refractivity contribution is 5.95. The van der Waals surface area contributed by atoms with Gasteiger partial charge in [0.05, 0.1) is 18.0 Å². The summed E-state index contributed by atoms with van der Waals surface area (Å²) in [6, 6.07) is 14.0. The second kappa shape index (κ2) is 7.27. The van der Waals surface area contributed by atoms with Crippen LogP contribution in [0.1, 0.15) is 30.1 Å². The number of amides is 2. The number of nitrogens with one attached hydrogen (secondary N) is 1. The Morgan fingerprint density at radius 2 is 1.77 bits per heavy atom. The Bertz CT molecular complexity index is 1030. The van der Waals surface area contributed by atoms with Crippen LogP contribution in [0, 0.1) is 0 Å². The van der Waals surface area contributed by atoms with Crippen molar-refractivity contribution >= 4 is 23.2 Å². The summed E-state index contributed by atoms with van der Waals surface area (Å²) in [5.74, 6) is -0.209. The predicted octanol–water partition coefficient (Wildman–Crippen LogP) is 2.37. The lowest BCUT2D eigenvalue weighted by atomic mass is 10.0. The van der Waals surface area contributed by atoms with E-state index in [0.717, 1.165) is 23.5 Å². The van der Waals surface area contributed by atoms with Gasteiger partial charge in [-0.25, -0.2) is 0 Å². The first-order valence-electron chi connectivity index (χ1n) is 10.9. The topological polar surface area (TPSA) is 76.1 Å². The quantitative estimate of drug-likeness (QED) is 0.797. The summed E-state index contributed by atoms with van der Waals surface area (Å²) in [7, 11) is 2.06. The van der Waals surface area contributed by atoms with E-state index in [-0.39, 0.29) is 17.9 Å². The molecule has 2 aromatic rings. The number of carbonyl (C=O) groups is 2. The smallest absolute Gasteiger partial charge is 0.254 e. The Hall–Kier alpha value is -3.06. The van der Waals surface area contributed by atoms with Crippen molar-refractivity contribution in [2.45, 2.75) is 31.4 Å². The van der Waals surface area contributed by atoms with E-state index in [2.05, 4.69) is 35.5 Å². The van der Waals surface area contributed by atoms with E-state index in [1.807, 2.05) is 31.2 Å². The van der Waals surface area contributed by atoms with E-state index in [9.17, 15) is 14.7 Å². The van der Waals surface area contributed by atoms with Crippen LogP contribution in [0.15, 0.2) is 42.5 Å². The fraction of sp³-hybridized carbons (Fsp3) is 0.417. The third-order valence-corrected chi connectivity index (χ3v) is 6.68. The molecule has 1 saturated heterocycles. The zero-order chi connectivity index (χ0) is 21.8. The number of hydrogen-bond donors (Lipinski definition) is 2. The molecule has 2 fully saturated rings. The van der Waals surface area contributed by atoms with Crippen molar-refractivity contribution in [2.24, 2.45) is 0 Å². The van der Waals surface area contributed by atoms with Gasteiger partial charge in [0.2, 0.25) is 0 Å². The molecule has 2 aromatic carbocycles. The summed E-state index contributed by atoms with van der Waals surface area (Å²) < 4.78 is 0. The summed E-state index contributed by atoms with van der Waals surface area (Å²) in [5.41, 5.74) is 3.99. The second-order valence-electron chi connectivity index (χ2n) is 8.97. The van der Waals surface area contributed by atoms with Crippen LogP contribution in [0.5, 0.6) is 0 Å². The minimum atomic E-state index is -1.15. The Kier molecular flexibility index (Phi) is 4.66. The van der Waals surface area contributed by atoms with Gasteiger partial charge in [-0.1, -0.05) is 18.2 Å². The second-order valence-corrected chi connectivity index (χ2v) is 8.97. The molecule has 7 heteroatoms. The van der Waals surface area contributed by atoms with Crippen LogP contribution >= 0.6 is 0 Å². The summed E-state index contributed by atoms with van der Waals surface area (Å²) in [6.07, 6.45) is 1.09. The molecule has 2 N–H and O–H groups in total. The molecule has 1 unspecified atom stereocenters. The fourth-order valence-corrected chi connectivity index (χ4v) is 4.51. The van der Waals surface area contributed by atoms with Gasteiger partial charge < -0.3 is 25.1 Å². The molecule has 5 rings (SSSR count). The Balaban J connectivity index is 1.26. The van der Waals surface area contributed by atoms with Crippen LogP contribution in [0.25, 0.3) is 11.1 Å². The first-order valence-corrected chi connectivity index (χ1v) is 10.9. The van der Waals surface area contributed by atoms with Crippen LogP contribution in [-0.2, 0) is 4.79 Å². The SMILES string of the molecule is CC1CN(C(=O)c2ccc(-c3ccc4c(c3)NCN4C)cc2)CCN1C(=O)C1(O)CC1. The van der Waals surface area contributed by atoms with Gasteiger partial charge in [-0.2, -0.15) is 0 Å². The molecule has 1 atom stereocenters. The van der Waals surface area contributed by atoms with Gasteiger partial charge in [0.1, 0.15) is 5.60 Å². The number of fused-ring (bicyclic) bond motifs is 1. The molecular formula is C24H28N4O3. The van der Waals surface area contributed by atoms with E-state index in [0.29, 0.717) is 38.0 Å². The molecule has 2 aliphatic heterocycles. The average molecular weight is 421 g/mol. The van der Waals surface area contributed by atoms with Crippen molar-refractivity contribution in [1.29, 1.82) is 0 Å². The number of nitrogens with zero attached hydrogens (tertiary/aromatic N) is 3. The van der Waals surface area contributed by atoms with Gasteiger partial charge in [-0.3, -0.25) is 9.59 Å². The third-order valence-electron chi connectivity index (χ3n) is 6.68. The molecule has 1 saturated carbocycles. The van der Waals surface area contributed by atoms with Crippen LogP contribution in [0.3, 0.4) is 0 Å². The van der Waals surface area contributed by atoms with Crippen molar-refractivity contribution in [3.05, 3.63) is 48.0 Å². The van der Waals surface area contributed by atoms with Crippen molar-refractivity contribution in [1.82, 2.24) is 9.80 Å². The highest BCUT2D eigenvalue weighted by atomic mass is 16.3. The van der Waals surface area contributed by atoms with Crippen LogP contribution < -0.4 is 10.2 Å². The van der Waals surface area contributed by atoms with Crippen molar-refractivity contribution in [3.8, 4) is 11.1 Å². The average Bonchev–Trinajstić information content (AvgIpc) is 3.44. The molecule has 0 radical (unpaired) electrons. The van der Waals surface area contributed by atoms with Crippen LogP contribution in [-0.4, -0.2) is 71.7 Å². The number of anilines is 2. The maximum atomic E-state index is 13.0. The highest BCUT2D eigenvalue weighted by Gasteiger charge is 2.51. The first kappa shape index (κ1) is 19.9. The minimum absolute atomic E-state index is 0.0205. The summed E-state index contributed by atoms with van der Waals surface area (Å²) in [4.78, 5) is 31.2. The first-order chi connectivity index (χ1) is 14.9. The van der Waals surface area contributed by atoms with Crippen molar-refractivity contribution < 1.29 is 14.7 Å². The number of benzene rings is 2. The molecule has 31 heavy (non-hydrogen) atoms. The van der Waals surface area contributed by atoms with Gasteiger partial charge in [-0.05, 0) is 55.2 Å². The van der Waals surface area contributed by atoms with Crippen LogP contribution in [0.4, 0.5) is 11.4 Å². The summed E-state index contributed by atoms with van der Waals surface area (Å²) in [5, 5.41) is 13.5. The number of carbonyl (C=O) groups excluding carboxylic acids is 2. The Labute approximate surface area is 182 Å². The minimum Gasteiger partial charge on any atom is -0.380 e. The molecule has 3 aliphatic rings. The largest absolute Gasteiger partial charge is 0.380 e. The van der Waals surface area contributed by atoms with Crippen LogP contribution in [0.2, 0.25) is 0 Å². The molecule has 2 heterocycles. The fourth-order valence-electron chi connectivity index (χ4n) is 4.51. The molecular weight excluding hydrogens is 392 g/mol. The van der Waals surface area contributed by atoms with Crippen molar-refractivity contribution in [3.63, 3.8) is 0 Å². The molecule has 0 bridgehead atoms. The third kappa shape index (κ3) is 3.53. The number of hydrogen-bond acceptors (Lipinski definition) is 5. The van der Waals surface area contributed by atoms with E-state index in [4.69, 9.17) is 0 Å². The number of piperazine rings is 1. The van der Waals surface area contributed by atoms with Gasteiger partial charge in [-0.15, -0.1) is 0 Å². The van der Waals surface area contributed by atoms with Gasteiger partial charge in [0.15, 0.2) is 0 Å². The molecule has 0 aromatic heterocycles. The molecule has 162 valence electrons. The van der Waals surface area contributed by atoms with E-state index in [1.54, 1.807) is 9.80 Å². The zero-order valence-electron chi connectivity index (χ0n) is 18.0. The molecule has 2 amide bonds. The lowest BCUT2D eigenvalue weighted by molar-refractivity contribution is -0.146. The maximum Gasteiger partial charge on any atom is 0.254 e. The lowest BCUT2D eigenvalue weighted by Crippen LogP contribution is -2.57. The standard InChI is InChI=1S/C24H28N4O3/c1-16-14-27(11-12-28(16)23(30)24(31)9-10-24)22(29)18-5-3-17(4-6-18)19-7-8-21-20(13-19)25-15-26(21)2/h3-8,13,16,25,31H,9-12,14-15H2,1-2H3. The Morgan fingerprint density at radius 3 is 2.45 bits per heavy atom. The zero-order valence-corrected chi connectivity index (χ0v) is 18.0.